The van der Waals surface area contributed by atoms with Gasteiger partial charge in [0, 0.05) is 42.4 Å². The van der Waals surface area contributed by atoms with E-state index < -0.39 is 11.8 Å². The number of pyridine rings is 2. The van der Waals surface area contributed by atoms with Crippen LogP contribution in [0.25, 0.3) is 22.0 Å². The summed E-state index contributed by atoms with van der Waals surface area (Å²) in [5.74, 6) is 0.436. The molecule has 0 atom stereocenters. The van der Waals surface area contributed by atoms with E-state index >= 15 is 0 Å². The van der Waals surface area contributed by atoms with Crippen molar-refractivity contribution in [1.82, 2.24) is 15.3 Å². The molecule has 1 aliphatic carbocycles. The second-order valence-electron chi connectivity index (χ2n) is 7.87. The van der Waals surface area contributed by atoms with E-state index in [4.69, 9.17) is 0 Å². The summed E-state index contributed by atoms with van der Waals surface area (Å²) in [4.78, 5) is 32.2. The van der Waals surface area contributed by atoms with Gasteiger partial charge in [-0.1, -0.05) is 18.9 Å². The van der Waals surface area contributed by atoms with Crippen LogP contribution in [0.4, 0.5) is 20.7 Å². The fourth-order valence-electron chi connectivity index (χ4n) is 3.46. The van der Waals surface area contributed by atoms with E-state index in [0.717, 1.165) is 28.6 Å². The van der Waals surface area contributed by atoms with Gasteiger partial charge in [-0.25, -0.2) is 14.2 Å². The summed E-state index contributed by atoms with van der Waals surface area (Å²) in [5.41, 5.74) is 3.07. The van der Waals surface area contributed by atoms with Gasteiger partial charge in [0.25, 0.3) is 0 Å². The summed E-state index contributed by atoms with van der Waals surface area (Å²) >= 11 is 0. The third kappa shape index (κ3) is 5.14. The van der Waals surface area contributed by atoms with Crippen molar-refractivity contribution in [3.8, 4) is 11.1 Å². The van der Waals surface area contributed by atoms with Crippen LogP contribution in [0.2, 0.25) is 0 Å². The lowest BCUT2D eigenvalue weighted by Crippen LogP contribution is -2.30. The zero-order valence-corrected chi connectivity index (χ0v) is 17.5. The molecule has 160 valence electrons. The third-order valence-electron chi connectivity index (χ3n) is 5.25. The van der Waals surface area contributed by atoms with Crippen molar-refractivity contribution in [3.05, 3.63) is 48.0 Å². The monoisotopic (exact) mass is 421 g/mol. The summed E-state index contributed by atoms with van der Waals surface area (Å²) < 4.78 is 14.3. The maximum atomic E-state index is 14.3. The molecule has 0 spiro atoms. The minimum atomic E-state index is -0.505. The van der Waals surface area contributed by atoms with E-state index in [1.165, 1.54) is 25.8 Å². The Balaban J connectivity index is 1.56. The van der Waals surface area contributed by atoms with Crippen molar-refractivity contribution in [2.75, 3.05) is 17.2 Å². The maximum Gasteiger partial charge on any atom is 0.319 e. The van der Waals surface area contributed by atoms with E-state index in [-0.39, 0.29) is 11.6 Å². The molecule has 3 N–H and O–H groups in total. The number of carbonyl (C=O) groups is 2. The van der Waals surface area contributed by atoms with Crippen LogP contribution < -0.4 is 16.0 Å². The standard InChI is InChI=1S/C23H24FN5O2/c1-13-18(9-17-12-26-22(28-14(2)30)11-20(17)27-13)16-5-6-19(24)21(10-16)29-23(31)25-8-7-15-3-4-15/h5-6,9-12,15H,3-4,7-8H2,1-2H3,(H2,25,29,31)(H,26,28,30). The highest BCUT2D eigenvalue weighted by Crippen LogP contribution is 2.32. The van der Waals surface area contributed by atoms with Crippen molar-refractivity contribution in [1.29, 1.82) is 0 Å². The minimum absolute atomic E-state index is 0.111. The number of nitrogens with zero attached hydrogens (tertiary/aromatic N) is 2. The van der Waals surface area contributed by atoms with Gasteiger partial charge >= 0.3 is 6.03 Å². The minimum Gasteiger partial charge on any atom is -0.338 e. The van der Waals surface area contributed by atoms with Crippen LogP contribution in [-0.2, 0) is 4.79 Å². The van der Waals surface area contributed by atoms with Crippen LogP contribution in [0.1, 0.15) is 31.9 Å². The van der Waals surface area contributed by atoms with Gasteiger partial charge in [-0.3, -0.25) is 9.78 Å². The molecule has 1 fully saturated rings. The van der Waals surface area contributed by atoms with E-state index in [0.29, 0.717) is 23.8 Å². The number of halogens is 1. The van der Waals surface area contributed by atoms with E-state index in [2.05, 4.69) is 25.9 Å². The van der Waals surface area contributed by atoms with Crippen molar-refractivity contribution >= 4 is 34.3 Å². The van der Waals surface area contributed by atoms with Gasteiger partial charge in [-0.2, -0.15) is 0 Å². The molecule has 0 radical (unpaired) electrons. The number of nitrogens with one attached hydrogen (secondary N) is 3. The van der Waals surface area contributed by atoms with Crippen molar-refractivity contribution in [2.45, 2.75) is 33.1 Å². The first-order chi connectivity index (χ1) is 14.9. The number of aromatic nitrogens is 2. The Bertz CT molecular complexity index is 1160. The Hall–Kier alpha value is -3.55. The largest absolute Gasteiger partial charge is 0.338 e. The van der Waals surface area contributed by atoms with Crippen LogP contribution in [0, 0.1) is 18.7 Å². The molecule has 3 aromatic rings. The Kier molecular flexibility index (Phi) is 5.79. The van der Waals surface area contributed by atoms with Crippen molar-refractivity contribution in [3.63, 3.8) is 0 Å². The van der Waals surface area contributed by atoms with Crippen LogP contribution in [-0.4, -0.2) is 28.5 Å². The third-order valence-corrected chi connectivity index (χ3v) is 5.25. The summed E-state index contributed by atoms with van der Waals surface area (Å²) in [6, 6.07) is 7.79. The van der Waals surface area contributed by atoms with Crippen LogP contribution in [0.3, 0.4) is 0 Å². The number of hydrogen-bond acceptors (Lipinski definition) is 4. The number of rotatable bonds is 6. The number of urea groups is 1. The first kappa shape index (κ1) is 20.7. The van der Waals surface area contributed by atoms with Gasteiger partial charge in [0.1, 0.15) is 11.6 Å². The lowest BCUT2D eigenvalue weighted by atomic mass is 10.0. The molecular weight excluding hydrogens is 397 g/mol. The van der Waals surface area contributed by atoms with E-state index in [9.17, 15) is 14.0 Å². The average Bonchev–Trinajstić information content (AvgIpc) is 3.53. The fraction of sp³-hybridized carbons (Fsp3) is 0.304. The van der Waals surface area contributed by atoms with Crippen LogP contribution in [0.15, 0.2) is 36.5 Å². The first-order valence-electron chi connectivity index (χ1n) is 10.3. The average molecular weight is 421 g/mol. The lowest BCUT2D eigenvalue weighted by Gasteiger charge is -2.12. The van der Waals surface area contributed by atoms with Gasteiger partial charge in [-0.05, 0) is 43.0 Å². The zero-order valence-electron chi connectivity index (χ0n) is 17.5. The van der Waals surface area contributed by atoms with Gasteiger partial charge in [0.15, 0.2) is 0 Å². The smallest absolute Gasteiger partial charge is 0.319 e. The van der Waals surface area contributed by atoms with Gasteiger partial charge in [0.05, 0.1) is 11.2 Å². The molecule has 7 nitrogen and oxygen atoms in total. The molecule has 0 aliphatic heterocycles. The molecular formula is C23H24FN5O2. The highest BCUT2D eigenvalue weighted by atomic mass is 19.1. The normalized spacial score (nSPS) is 13.1. The van der Waals surface area contributed by atoms with Gasteiger partial charge in [0.2, 0.25) is 5.91 Å². The number of anilines is 2. The zero-order chi connectivity index (χ0) is 22.0. The molecule has 3 amide bonds. The van der Waals surface area contributed by atoms with E-state index in [1.807, 2.05) is 13.0 Å². The van der Waals surface area contributed by atoms with Gasteiger partial charge in [-0.15, -0.1) is 0 Å². The second-order valence-corrected chi connectivity index (χ2v) is 7.87. The molecule has 31 heavy (non-hydrogen) atoms. The molecule has 1 aromatic carbocycles. The van der Waals surface area contributed by atoms with Crippen molar-refractivity contribution in [2.24, 2.45) is 5.92 Å². The number of carbonyl (C=O) groups excluding carboxylic acids is 2. The number of hydrogen-bond donors (Lipinski definition) is 3. The fourth-order valence-corrected chi connectivity index (χ4v) is 3.46. The highest BCUT2D eigenvalue weighted by molar-refractivity contribution is 5.93. The molecule has 8 heteroatoms. The topological polar surface area (TPSA) is 96.0 Å². The molecule has 2 heterocycles. The molecule has 0 bridgehead atoms. The molecule has 4 rings (SSSR count). The Labute approximate surface area is 179 Å². The Morgan fingerprint density at radius 3 is 2.71 bits per heavy atom. The number of amides is 3. The molecule has 0 unspecified atom stereocenters. The number of benzene rings is 1. The van der Waals surface area contributed by atoms with Crippen molar-refractivity contribution < 1.29 is 14.0 Å². The predicted molar refractivity (Wildman–Crippen MR) is 118 cm³/mol. The Morgan fingerprint density at radius 2 is 1.97 bits per heavy atom. The quantitative estimate of drug-likeness (QED) is 0.541. The lowest BCUT2D eigenvalue weighted by molar-refractivity contribution is -0.114. The molecule has 0 saturated heterocycles. The number of aryl methyl sites for hydroxylation is 1. The van der Waals surface area contributed by atoms with Crippen LogP contribution in [0.5, 0.6) is 0 Å². The second kappa shape index (κ2) is 8.67. The molecule has 2 aromatic heterocycles. The summed E-state index contributed by atoms with van der Waals surface area (Å²) in [6.45, 7) is 3.86. The SMILES string of the molecule is CC(=O)Nc1cc2nc(C)c(-c3ccc(F)c(NC(=O)NCCC4CC4)c3)cc2cn1. The first-order valence-corrected chi connectivity index (χ1v) is 10.3. The summed E-state index contributed by atoms with van der Waals surface area (Å²) in [5, 5.41) is 8.80. The Morgan fingerprint density at radius 1 is 1.16 bits per heavy atom. The highest BCUT2D eigenvalue weighted by Gasteiger charge is 2.20. The number of fused-ring (bicyclic) bond motifs is 1. The predicted octanol–water partition coefficient (Wildman–Crippen LogP) is 4.62. The van der Waals surface area contributed by atoms with Crippen LogP contribution >= 0.6 is 0 Å². The van der Waals surface area contributed by atoms with E-state index in [1.54, 1.807) is 24.4 Å². The molecule has 1 saturated carbocycles. The molecule has 1 aliphatic rings. The summed E-state index contributed by atoms with van der Waals surface area (Å²) in [7, 11) is 0. The summed E-state index contributed by atoms with van der Waals surface area (Å²) in [6.07, 6.45) is 5.04. The van der Waals surface area contributed by atoms with Gasteiger partial charge < -0.3 is 16.0 Å². The maximum absolute atomic E-state index is 14.3.